The van der Waals surface area contributed by atoms with Gasteiger partial charge in [-0.3, -0.25) is 0 Å². The Morgan fingerprint density at radius 1 is 1.33 bits per heavy atom. The first-order valence-corrected chi connectivity index (χ1v) is 4.08. The molecule has 0 heterocycles. The van der Waals surface area contributed by atoms with Crippen molar-refractivity contribution in [1.29, 1.82) is 0 Å². The van der Waals surface area contributed by atoms with E-state index in [2.05, 4.69) is 6.92 Å². The van der Waals surface area contributed by atoms with Gasteiger partial charge in [-0.25, -0.2) is 0 Å². The SMILES string of the molecule is COCC(C)c1ccc(N)cc1. The molecule has 2 nitrogen and oxygen atoms in total. The molecule has 1 rings (SSSR count). The van der Waals surface area contributed by atoms with Crippen LogP contribution in [-0.2, 0) is 4.74 Å². The van der Waals surface area contributed by atoms with Crippen LogP contribution in [0.15, 0.2) is 24.3 Å². The van der Waals surface area contributed by atoms with E-state index in [1.165, 1.54) is 5.56 Å². The van der Waals surface area contributed by atoms with Gasteiger partial charge in [0.1, 0.15) is 0 Å². The minimum Gasteiger partial charge on any atom is -0.399 e. The predicted octanol–water partition coefficient (Wildman–Crippen LogP) is 2.02. The van der Waals surface area contributed by atoms with Crippen LogP contribution in [0.4, 0.5) is 5.69 Å². The smallest absolute Gasteiger partial charge is 0.0528 e. The van der Waals surface area contributed by atoms with Gasteiger partial charge in [-0.2, -0.15) is 0 Å². The minimum atomic E-state index is 0.440. The number of anilines is 1. The number of hydrogen-bond acceptors (Lipinski definition) is 2. The standard InChI is InChI=1S/C10H15NO/c1-8(7-12-2)9-3-5-10(11)6-4-9/h3-6,8H,7,11H2,1-2H3. The molecule has 2 heteroatoms. The van der Waals surface area contributed by atoms with Crippen LogP contribution in [0.3, 0.4) is 0 Å². The van der Waals surface area contributed by atoms with Crippen LogP contribution in [0.5, 0.6) is 0 Å². The van der Waals surface area contributed by atoms with Crippen molar-refractivity contribution in [3.63, 3.8) is 0 Å². The molecule has 0 saturated heterocycles. The van der Waals surface area contributed by atoms with Crippen LogP contribution in [0.2, 0.25) is 0 Å². The molecule has 0 radical (unpaired) electrons. The van der Waals surface area contributed by atoms with Crippen LogP contribution < -0.4 is 5.73 Å². The Hall–Kier alpha value is -1.02. The van der Waals surface area contributed by atoms with Gasteiger partial charge in [-0.05, 0) is 17.7 Å². The fourth-order valence-electron chi connectivity index (χ4n) is 1.17. The summed E-state index contributed by atoms with van der Waals surface area (Å²) in [5.41, 5.74) is 7.65. The Bertz CT molecular complexity index is 230. The van der Waals surface area contributed by atoms with Crippen molar-refractivity contribution in [3.05, 3.63) is 29.8 Å². The average molecular weight is 165 g/mol. The molecule has 0 amide bonds. The molecule has 0 aromatic heterocycles. The number of nitrogen functional groups attached to an aromatic ring is 1. The second kappa shape index (κ2) is 4.12. The first kappa shape index (κ1) is 9.07. The molecule has 1 unspecified atom stereocenters. The van der Waals surface area contributed by atoms with Crippen LogP contribution in [0, 0.1) is 0 Å². The summed E-state index contributed by atoms with van der Waals surface area (Å²) in [7, 11) is 1.72. The highest BCUT2D eigenvalue weighted by molar-refractivity contribution is 5.40. The van der Waals surface area contributed by atoms with Gasteiger partial charge in [-0.1, -0.05) is 19.1 Å². The van der Waals surface area contributed by atoms with E-state index < -0.39 is 0 Å². The number of rotatable bonds is 3. The molecule has 0 fully saturated rings. The maximum absolute atomic E-state index is 5.57. The second-order valence-electron chi connectivity index (χ2n) is 3.02. The Morgan fingerprint density at radius 3 is 2.42 bits per heavy atom. The van der Waals surface area contributed by atoms with Gasteiger partial charge >= 0.3 is 0 Å². The summed E-state index contributed by atoms with van der Waals surface area (Å²) in [6.45, 7) is 2.89. The van der Waals surface area contributed by atoms with E-state index in [0.29, 0.717) is 5.92 Å². The molecule has 12 heavy (non-hydrogen) atoms. The Labute approximate surface area is 73.3 Å². The lowest BCUT2D eigenvalue weighted by Crippen LogP contribution is -2.01. The lowest BCUT2D eigenvalue weighted by molar-refractivity contribution is 0.184. The molecular weight excluding hydrogens is 150 g/mol. The van der Waals surface area contributed by atoms with Gasteiger partial charge < -0.3 is 10.5 Å². The third-order valence-corrected chi connectivity index (χ3v) is 1.92. The molecule has 1 atom stereocenters. The van der Waals surface area contributed by atoms with Crippen LogP contribution in [0.1, 0.15) is 18.4 Å². The molecule has 0 aliphatic heterocycles. The van der Waals surface area contributed by atoms with Crippen LogP contribution in [0.25, 0.3) is 0 Å². The normalized spacial score (nSPS) is 12.8. The van der Waals surface area contributed by atoms with Crippen LogP contribution in [-0.4, -0.2) is 13.7 Å². The zero-order valence-corrected chi connectivity index (χ0v) is 7.58. The Morgan fingerprint density at radius 2 is 1.92 bits per heavy atom. The molecule has 0 aliphatic rings. The van der Waals surface area contributed by atoms with Gasteiger partial charge in [0.05, 0.1) is 6.61 Å². The molecule has 1 aromatic rings. The fraction of sp³-hybridized carbons (Fsp3) is 0.400. The Balaban J connectivity index is 2.68. The van der Waals surface area contributed by atoms with Gasteiger partial charge in [0.15, 0.2) is 0 Å². The van der Waals surface area contributed by atoms with Crippen molar-refractivity contribution < 1.29 is 4.74 Å². The molecule has 1 aromatic carbocycles. The highest BCUT2D eigenvalue weighted by Crippen LogP contribution is 2.16. The number of nitrogens with two attached hydrogens (primary N) is 1. The summed E-state index contributed by atoms with van der Waals surface area (Å²) in [4.78, 5) is 0. The molecular formula is C10H15NO. The quantitative estimate of drug-likeness (QED) is 0.695. The summed E-state index contributed by atoms with van der Waals surface area (Å²) < 4.78 is 5.06. The fourth-order valence-corrected chi connectivity index (χ4v) is 1.17. The summed E-state index contributed by atoms with van der Waals surface area (Å²) in [5, 5.41) is 0. The first-order valence-electron chi connectivity index (χ1n) is 4.08. The molecule has 0 saturated carbocycles. The van der Waals surface area contributed by atoms with Crippen LogP contribution >= 0.6 is 0 Å². The van der Waals surface area contributed by atoms with E-state index in [9.17, 15) is 0 Å². The topological polar surface area (TPSA) is 35.2 Å². The highest BCUT2D eigenvalue weighted by Gasteiger charge is 2.03. The highest BCUT2D eigenvalue weighted by atomic mass is 16.5. The lowest BCUT2D eigenvalue weighted by atomic mass is 10.0. The average Bonchev–Trinajstić information content (AvgIpc) is 2.06. The monoisotopic (exact) mass is 165 g/mol. The minimum absolute atomic E-state index is 0.440. The summed E-state index contributed by atoms with van der Waals surface area (Å²) in [5.74, 6) is 0.440. The van der Waals surface area contributed by atoms with Crippen molar-refractivity contribution in [2.45, 2.75) is 12.8 Å². The maximum Gasteiger partial charge on any atom is 0.0528 e. The number of methoxy groups -OCH3 is 1. The largest absolute Gasteiger partial charge is 0.399 e. The maximum atomic E-state index is 5.57. The third kappa shape index (κ3) is 2.24. The van der Waals surface area contributed by atoms with Gasteiger partial charge in [0.25, 0.3) is 0 Å². The summed E-state index contributed by atoms with van der Waals surface area (Å²) in [6, 6.07) is 7.92. The van der Waals surface area contributed by atoms with E-state index >= 15 is 0 Å². The molecule has 0 spiro atoms. The van der Waals surface area contributed by atoms with E-state index in [0.717, 1.165) is 12.3 Å². The molecule has 0 bridgehead atoms. The van der Waals surface area contributed by atoms with E-state index in [-0.39, 0.29) is 0 Å². The van der Waals surface area contributed by atoms with E-state index in [4.69, 9.17) is 10.5 Å². The van der Waals surface area contributed by atoms with Gasteiger partial charge in [0, 0.05) is 18.7 Å². The van der Waals surface area contributed by atoms with Gasteiger partial charge in [0.2, 0.25) is 0 Å². The molecule has 0 aliphatic carbocycles. The summed E-state index contributed by atoms with van der Waals surface area (Å²) >= 11 is 0. The predicted molar refractivity (Wildman–Crippen MR) is 51.1 cm³/mol. The molecule has 66 valence electrons. The van der Waals surface area contributed by atoms with Crippen molar-refractivity contribution in [2.24, 2.45) is 0 Å². The van der Waals surface area contributed by atoms with Crippen molar-refractivity contribution in [2.75, 3.05) is 19.5 Å². The Kier molecular flexibility index (Phi) is 3.11. The second-order valence-corrected chi connectivity index (χ2v) is 3.02. The summed E-state index contributed by atoms with van der Waals surface area (Å²) in [6.07, 6.45) is 0. The number of ether oxygens (including phenoxy) is 1. The van der Waals surface area contributed by atoms with Gasteiger partial charge in [-0.15, -0.1) is 0 Å². The van der Waals surface area contributed by atoms with Crippen molar-refractivity contribution >= 4 is 5.69 Å². The third-order valence-electron chi connectivity index (χ3n) is 1.92. The van der Waals surface area contributed by atoms with E-state index in [1.54, 1.807) is 7.11 Å². The number of benzene rings is 1. The zero-order valence-electron chi connectivity index (χ0n) is 7.58. The zero-order chi connectivity index (χ0) is 8.97. The number of hydrogen-bond donors (Lipinski definition) is 1. The lowest BCUT2D eigenvalue weighted by Gasteiger charge is -2.10. The van der Waals surface area contributed by atoms with Crippen molar-refractivity contribution in [3.8, 4) is 0 Å². The molecule has 2 N–H and O–H groups in total. The van der Waals surface area contributed by atoms with E-state index in [1.807, 2.05) is 24.3 Å². The van der Waals surface area contributed by atoms with Crippen molar-refractivity contribution in [1.82, 2.24) is 0 Å². The first-order chi connectivity index (χ1) is 5.74.